The van der Waals surface area contributed by atoms with Crippen LogP contribution in [0.3, 0.4) is 0 Å². The first-order chi connectivity index (χ1) is 9.60. The van der Waals surface area contributed by atoms with E-state index in [2.05, 4.69) is 10.3 Å². The van der Waals surface area contributed by atoms with Gasteiger partial charge >= 0.3 is 0 Å². The molecule has 0 saturated heterocycles. The van der Waals surface area contributed by atoms with Crippen LogP contribution in [0.4, 0.5) is 5.69 Å². The number of rotatable bonds is 5. The molecule has 1 N–H and O–H groups in total. The molecule has 6 nitrogen and oxygen atoms in total. The molecule has 0 spiro atoms. The predicted molar refractivity (Wildman–Crippen MR) is 74.9 cm³/mol. The van der Waals surface area contributed by atoms with Crippen LogP contribution in [-0.4, -0.2) is 17.0 Å². The molecule has 0 bridgehead atoms. The highest BCUT2D eigenvalue weighted by Crippen LogP contribution is 2.24. The standard InChI is InChI=1S/C14H15N3O3/c1-10-7-14(16-9-13(10)17(18)19)20-12-5-3-11(4-6-12)8-15-2/h3-7,9,15H,8H2,1-2H3. The van der Waals surface area contributed by atoms with Gasteiger partial charge in [-0.15, -0.1) is 0 Å². The lowest BCUT2D eigenvalue weighted by Crippen LogP contribution is -2.04. The molecule has 0 unspecified atom stereocenters. The summed E-state index contributed by atoms with van der Waals surface area (Å²) in [6.07, 6.45) is 1.21. The van der Waals surface area contributed by atoms with Crippen molar-refractivity contribution in [2.24, 2.45) is 0 Å². The molecule has 0 aliphatic carbocycles. The summed E-state index contributed by atoms with van der Waals surface area (Å²) in [6, 6.07) is 9.13. The molecule has 104 valence electrons. The van der Waals surface area contributed by atoms with Gasteiger partial charge in [0, 0.05) is 18.2 Å². The third kappa shape index (κ3) is 3.30. The Balaban J connectivity index is 2.13. The number of hydrogen-bond acceptors (Lipinski definition) is 5. The summed E-state index contributed by atoms with van der Waals surface area (Å²) in [7, 11) is 1.88. The van der Waals surface area contributed by atoms with Crippen LogP contribution in [-0.2, 0) is 6.54 Å². The van der Waals surface area contributed by atoms with Crippen molar-refractivity contribution < 1.29 is 9.66 Å². The van der Waals surface area contributed by atoms with Gasteiger partial charge in [0.05, 0.1) is 4.92 Å². The normalized spacial score (nSPS) is 10.3. The minimum Gasteiger partial charge on any atom is -0.439 e. The highest BCUT2D eigenvalue weighted by Gasteiger charge is 2.12. The van der Waals surface area contributed by atoms with Crippen molar-refractivity contribution in [2.75, 3.05) is 7.05 Å². The minimum atomic E-state index is -0.460. The van der Waals surface area contributed by atoms with Gasteiger partial charge in [0.1, 0.15) is 11.9 Å². The molecule has 0 aliphatic heterocycles. The number of benzene rings is 1. The number of nitro groups is 1. The second kappa shape index (κ2) is 6.12. The summed E-state index contributed by atoms with van der Waals surface area (Å²) < 4.78 is 5.57. The highest BCUT2D eigenvalue weighted by molar-refractivity contribution is 5.40. The largest absolute Gasteiger partial charge is 0.439 e. The first-order valence-electron chi connectivity index (χ1n) is 6.12. The van der Waals surface area contributed by atoms with Crippen molar-refractivity contribution in [1.29, 1.82) is 0 Å². The van der Waals surface area contributed by atoms with Gasteiger partial charge in [-0.25, -0.2) is 4.98 Å². The summed E-state index contributed by atoms with van der Waals surface area (Å²) in [4.78, 5) is 14.2. The maximum Gasteiger partial charge on any atom is 0.290 e. The summed E-state index contributed by atoms with van der Waals surface area (Å²) in [6.45, 7) is 2.44. The van der Waals surface area contributed by atoms with Crippen molar-refractivity contribution in [3.8, 4) is 11.6 Å². The third-order valence-electron chi connectivity index (χ3n) is 2.78. The minimum absolute atomic E-state index is 0.0123. The molecule has 2 rings (SSSR count). The molecule has 0 radical (unpaired) electrons. The second-order valence-electron chi connectivity index (χ2n) is 4.34. The van der Waals surface area contributed by atoms with Gasteiger partial charge in [-0.05, 0) is 31.7 Å². The number of ether oxygens (including phenoxy) is 1. The van der Waals surface area contributed by atoms with E-state index in [0.29, 0.717) is 17.2 Å². The molecule has 0 saturated carbocycles. The fourth-order valence-electron chi connectivity index (χ4n) is 1.77. The quantitative estimate of drug-likeness (QED) is 0.669. The van der Waals surface area contributed by atoms with Gasteiger partial charge in [0.15, 0.2) is 0 Å². The Morgan fingerprint density at radius 3 is 2.60 bits per heavy atom. The molecule has 20 heavy (non-hydrogen) atoms. The van der Waals surface area contributed by atoms with Gasteiger partial charge in [-0.1, -0.05) is 12.1 Å². The Bertz CT molecular complexity index is 612. The van der Waals surface area contributed by atoms with Crippen molar-refractivity contribution in [2.45, 2.75) is 13.5 Å². The van der Waals surface area contributed by atoms with E-state index in [4.69, 9.17) is 4.74 Å². The van der Waals surface area contributed by atoms with E-state index in [1.165, 1.54) is 6.20 Å². The molecule has 0 fully saturated rings. The van der Waals surface area contributed by atoms with Crippen LogP contribution >= 0.6 is 0 Å². The number of nitrogens with zero attached hydrogens (tertiary/aromatic N) is 2. The van der Waals surface area contributed by atoms with Crippen molar-refractivity contribution in [3.05, 3.63) is 57.8 Å². The van der Waals surface area contributed by atoms with Crippen LogP contribution in [0.5, 0.6) is 11.6 Å². The van der Waals surface area contributed by atoms with Crippen LogP contribution in [0.15, 0.2) is 36.5 Å². The first-order valence-corrected chi connectivity index (χ1v) is 6.12. The van der Waals surface area contributed by atoms with E-state index in [0.717, 1.165) is 12.1 Å². The summed E-state index contributed by atoms with van der Waals surface area (Å²) in [5.74, 6) is 0.986. The van der Waals surface area contributed by atoms with Crippen LogP contribution in [0.2, 0.25) is 0 Å². The average molecular weight is 273 g/mol. The number of aromatic nitrogens is 1. The molecular weight excluding hydrogens is 258 g/mol. The third-order valence-corrected chi connectivity index (χ3v) is 2.78. The zero-order chi connectivity index (χ0) is 14.5. The van der Waals surface area contributed by atoms with Crippen molar-refractivity contribution >= 4 is 5.69 Å². The lowest BCUT2D eigenvalue weighted by Gasteiger charge is -2.06. The fourth-order valence-corrected chi connectivity index (χ4v) is 1.77. The SMILES string of the molecule is CNCc1ccc(Oc2cc(C)c([N+](=O)[O-])cn2)cc1. The molecule has 1 heterocycles. The van der Waals surface area contributed by atoms with Crippen LogP contribution in [0.1, 0.15) is 11.1 Å². The highest BCUT2D eigenvalue weighted by atomic mass is 16.6. The Kier molecular flexibility index (Phi) is 4.27. The van der Waals surface area contributed by atoms with E-state index in [1.807, 2.05) is 31.3 Å². The fraction of sp³-hybridized carbons (Fsp3) is 0.214. The topological polar surface area (TPSA) is 77.3 Å². The van der Waals surface area contributed by atoms with Crippen molar-refractivity contribution in [1.82, 2.24) is 10.3 Å². The van der Waals surface area contributed by atoms with Gasteiger partial charge < -0.3 is 10.1 Å². The molecule has 1 aromatic heterocycles. The van der Waals surface area contributed by atoms with Crippen molar-refractivity contribution in [3.63, 3.8) is 0 Å². The Morgan fingerprint density at radius 2 is 2.05 bits per heavy atom. The van der Waals surface area contributed by atoms with Gasteiger partial charge in [-0.3, -0.25) is 10.1 Å². The summed E-state index contributed by atoms with van der Waals surface area (Å²) in [5, 5.41) is 13.8. The van der Waals surface area contributed by atoms with E-state index in [9.17, 15) is 10.1 Å². The lowest BCUT2D eigenvalue weighted by atomic mass is 10.2. The smallest absolute Gasteiger partial charge is 0.290 e. The van der Waals surface area contributed by atoms with Gasteiger partial charge in [-0.2, -0.15) is 0 Å². The van der Waals surface area contributed by atoms with E-state index < -0.39 is 4.92 Å². The van der Waals surface area contributed by atoms with Gasteiger partial charge in [0.2, 0.25) is 5.88 Å². The molecule has 1 aromatic carbocycles. The molecular formula is C14H15N3O3. The second-order valence-corrected chi connectivity index (χ2v) is 4.34. The van der Waals surface area contributed by atoms with E-state index in [-0.39, 0.29) is 5.69 Å². The molecule has 0 amide bonds. The Hall–Kier alpha value is -2.47. The van der Waals surface area contributed by atoms with E-state index >= 15 is 0 Å². The number of aryl methyl sites for hydroxylation is 1. The van der Waals surface area contributed by atoms with E-state index in [1.54, 1.807) is 13.0 Å². The molecule has 6 heteroatoms. The monoisotopic (exact) mass is 273 g/mol. The molecule has 0 atom stereocenters. The average Bonchev–Trinajstić information content (AvgIpc) is 2.41. The Morgan fingerprint density at radius 1 is 1.35 bits per heavy atom. The first kappa shape index (κ1) is 14.0. The van der Waals surface area contributed by atoms with Gasteiger partial charge in [0.25, 0.3) is 5.69 Å². The number of hydrogen-bond donors (Lipinski definition) is 1. The maximum atomic E-state index is 10.7. The summed E-state index contributed by atoms with van der Waals surface area (Å²) >= 11 is 0. The zero-order valence-electron chi connectivity index (χ0n) is 11.3. The predicted octanol–water partition coefficient (Wildman–Crippen LogP) is 2.81. The summed E-state index contributed by atoms with van der Waals surface area (Å²) in [5.41, 5.74) is 1.65. The molecule has 2 aromatic rings. The number of pyridine rings is 1. The Labute approximate surface area is 116 Å². The maximum absolute atomic E-state index is 10.7. The molecule has 0 aliphatic rings. The zero-order valence-corrected chi connectivity index (χ0v) is 11.3. The van der Waals surface area contributed by atoms with Crippen LogP contribution in [0, 0.1) is 17.0 Å². The van der Waals surface area contributed by atoms with Crippen LogP contribution < -0.4 is 10.1 Å². The van der Waals surface area contributed by atoms with Crippen LogP contribution in [0.25, 0.3) is 0 Å². The number of nitrogens with one attached hydrogen (secondary N) is 1. The lowest BCUT2D eigenvalue weighted by molar-refractivity contribution is -0.385.